The first-order valence-corrected chi connectivity index (χ1v) is 9.40. The maximum atomic E-state index is 11.6. The van der Waals surface area contributed by atoms with Crippen molar-refractivity contribution in [2.45, 2.75) is 45.4 Å². The Balaban J connectivity index is 1.61. The van der Waals surface area contributed by atoms with Gasteiger partial charge in [-0.05, 0) is 54.8 Å². The van der Waals surface area contributed by atoms with Gasteiger partial charge in [-0.1, -0.05) is 38.3 Å². The lowest BCUT2D eigenvalue weighted by Crippen LogP contribution is -2.30. The molecule has 0 bridgehead atoms. The van der Waals surface area contributed by atoms with E-state index in [1.165, 1.54) is 32.1 Å². The number of benzene rings is 1. The van der Waals surface area contributed by atoms with Crippen molar-refractivity contribution >= 4 is 29.0 Å². The summed E-state index contributed by atoms with van der Waals surface area (Å²) in [6, 6.07) is 7.69. The molecule has 5 heteroatoms. The minimum atomic E-state index is -0.326. The topological polar surface area (TPSA) is 55.4 Å². The number of imide groups is 1. The van der Waals surface area contributed by atoms with Gasteiger partial charge in [0.1, 0.15) is 5.75 Å². The summed E-state index contributed by atoms with van der Waals surface area (Å²) < 4.78 is 6.04. The highest BCUT2D eigenvalue weighted by Crippen LogP contribution is 2.39. The third kappa shape index (κ3) is 4.01. The van der Waals surface area contributed by atoms with Gasteiger partial charge in [0.05, 0.1) is 11.5 Å². The zero-order valence-electron chi connectivity index (χ0n) is 14.0. The Morgan fingerprint density at radius 2 is 1.88 bits per heavy atom. The SMILES string of the molecule is CCC1(COc2ccc(/C=C3\SC(=O)NC3=O)cc2)CCCCC1. The molecule has 24 heavy (non-hydrogen) atoms. The van der Waals surface area contributed by atoms with Crippen molar-refractivity contribution in [2.24, 2.45) is 5.41 Å². The number of rotatable bonds is 5. The molecule has 2 aliphatic rings. The van der Waals surface area contributed by atoms with Crippen LogP contribution in [0.3, 0.4) is 0 Å². The minimum absolute atomic E-state index is 0.316. The van der Waals surface area contributed by atoms with Gasteiger partial charge >= 0.3 is 0 Å². The van der Waals surface area contributed by atoms with Crippen molar-refractivity contribution in [3.05, 3.63) is 34.7 Å². The predicted molar refractivity (Wildman–Crippen MR) is 96.9 cm³/mol. The molecule has 1 aliphatic heterocycles. The molecule has 1 aliphatic carbocycles. The van der Waals surface area contributed by atoms with E-state index in [0.717, 1.165) is 36.1 Å². The Kier molecular flexibility index (Phi) is 5.29. The van der Waals surface area contributed by atoms with Crippen LogP contribution in [0.4, 0.5) is 4.79 Å². The molecule has 0 spiro atoms. The van der Waals surface area contributed by atoms with Gasteiger partial charge in [-0.15, -0.1) is 0 Å². The highest BCUT2D eigenvalue weighted by Gasteiger charge is 2.31. The molecule has 1 aromatic carbocycles. The standard InChI is InChI=1S/C19H23NO3S/c1-2-19(10-4-3-5-11-19)13-23-15-8-6-14(7-9-15)12-16-17(21)20-18(22)24-16/h6-9,12H,2-5,10-11,13H2,1H3,(H,20,21,22)/b16-12-. The molecule has 2 amide bonds. The van der Waals surface area contributed by atoms with E-state index in [9.17, 15) is 9.59 Å². The number of nitrogens with one attached hydrogen (secondary N) is 1. The third-order valence-corrected chi connectivity index (χ3v) is 5.84. The van der Waals surface area contributed by atoms with Crippen LogP contribution in [0.2, 0.25) is 0 Å². The lowest BCUT2D eigenvalue weighted by atomic mass is 9.73. The summed E-state index contributed by atoms with van der Waals surface area (Å²) >= 11 is 0.934. The number of carbonyl (C=O) groups excluding carboxylic acids is 2. The van der Waals surface area contributed by atoms with E-state index in [1.54, 1.807) is 6.08 Å². The van der Waals surface area contributed by atoms with Gasteiger partial charge in [-0.2, -0.15) is 0 Å². The quantitative estimate of drug-likeness (QED) is 0.783. The molecular weight excluding hydrogens is 322 g/mol. The highest BCUT2D eigenvalue weighted by atomic mass is 32.2. The van der Waals surface area contributed by atoms with Gasteiger partial charge in [-0.3, -0.25) is 14.9 Å². The van der Waals surface area contributed by atoms with Crippen molar-refractivity contribution in [2.75, 3.05) is 6.61 Å². The van der Waals surface area contributed by atoms with Crippen LogP contribution in [-0.4, -0.2) is 17.8 Å². The molecule has 3 rings (SSSR count). The van der Waals surface area contributed by atoms with Crippen LogP contribution in [0.15, 0.2) is 29.2 Å². The van der Waals surface area contributed by atoms with Gasteiger partial charge in [0.15, 0.2) is 0 Å². The largest absolute Gasteiger partial charge is 0.493 e. The molecule has 1 saturated heterocycles. The smallest absolute Gasteiger partial charge is 0.290 e. The van der Waals surface area contributed by atoms with E-state index in [4.69, 9.17) is 4.74 Å². The summed E-state index contributed by atoms with van der Waals surface area (Å²) in [7, 11) is 0. The molecule has 4 nitrogen and oxygen atoms in total. The number of hydrogen-bond acceptors (Lipinski definition) is 4. The molecule has 0 aromatic heterocycles. The molecule has 0 radical (unpaired) electrons. The van der Waals surface area contributed by atoms with Gasteiger partial charge < -0.3 is 4.74 Å². The maximum Gasteiger partial charge on any atom is 0.290 e. The Labute approximate surface area is 147 Å². The number of thioether (sulfide) groups is 1. The Morgan fingerprint density at radius 1 is 1.17 bits per heavy atom. The molecule has 1 N–H and O–H groups in total. The van der Waals surface area contributed by atoms with Crippen LogP contribution in [0, 0.1) is 5.41 Å². The highest BCUT2D eigenvalue weighted by molar-refractivity contribution is 8.18. The first-order chi connectivity index (χ1) is 11.6. The number of hydrogen-bond donors (Lipinski definition) is 1. The fourth-order valence-electron chi connectivity index (χ4n) is 3.37. The van der Waals surface area contributed by atoms with Crippen molar-refractivity contribution in [1.82, 2.24) is 5.32 Å². The van der Waals surface area contributed by atoms with Crippen LogP contribution >= 0.6 is 11.8 Å². The van der Waals surface area contributed by atoms with E-state index < -0.39 is 0 Å². The van der Waals surface area contributed by atoms with Crippen LogP contribution in [0.1, 0.15) is 51.0 Å². The third-order valence-electron chi connectivity index (χ3n) is 5.03. The Bertz CT molecular complexity index is 645. The van der Waals surface area contributed by atoms with Gasteiger partial charge in [0.2, 0.25) is 0 Å². The van der Waals surface area contributed by atoms with Crippen LogP contribution in [0.25, 0.3) is 6.08 Å². The maximum absolute atomic E-state index is 11.6. The average molecular weight is 345 g/mol. The van der Waals surface area contributed by atoms with Crippen molar-refractivity contribution in [3.8, 4) is 5.75 Å². The lowest BCUT2D eigenvalue weighted by molar-refractivity contribution is -0.115. The zero-order valence-corrected chi connectivity index (χ0v) is 14.8. The fourth-order valence-corrected chi connectivity index (χ4v) is 4.05. The summed E-state index contributed by atoms with van der Waals surface area (Å²) in [4.78, 5) is 23.2. The average Bonchev–Trinajstić information content (AvgIpc) is 2.92. The van der Waals surface area contributed by atoms with Crippen molar-refractivity contribution < 1.29 is 14.3 Å². The summed E-state index contributed by atoms with van der Waals surface area (Å²) in [6.07, 6.45) is 9.37. The van der Waals surface area contributed by atoms with E-state index in [2.05, 4.69) is 12.2 Å². The van der Waals surface area contributed by atoms with Crippen molar-refractivity contribution in [1.29, 1.82) is 0 Å². The number of carbonyl (C=O) groups is 2. The normalized spacial score (nSPS) is 21.8. The molecule has 128 valence electrons. The molecule has 1 saturated carbocycles. The molecule has 1 aromatic rings. The van der Waals surface area contributed by atoms with E-state index in [0.29, 0.717) is 10.3 Å². The first-order valence-electron chi connectivity index (χ1n) is 8.58. The second-order valence-corrected chi connectivity index (χ2v) is 7.64. The van der Waals surface area contributed by atoms with Gasteiger partial charge in [0.25, 0.3) is 11.1 Å². The molecule has 1 heterocycles. The first kappa shape index (κ1) is 17.1. The fraction of sp³-hybridized carbons (Fsp3) is 0.474. The summed E-state index contributed by atoms with van der Waals surface area (Å²) in [6.45, 7) is 3.03. The Morgan fingerprint density at radius 3 is 2.46 bits per heavy atom. The predicted octanol–water partition coefficient (Wildman–Crippen LogP) is 4.75. The minimum Gasteiger partial charge on any atom is -0.493 e. The van der Waals surface area contributed by atoms with Gasteiger partial charge in [-0.25, -0.2) is 0 Å². The van der Waals surface area contributed by atoms with E-state index in [-0.39, 0.29) is 11.1 Å². The van der Waals surface area contributed by atoms with E-state index >= 15 is 0 Å². The van der Waals surface area contributed by atoms with Crippen LogP contribution in [-0.2, 0) is 4.79 Å². The molecule has 0 atom stereocenters. The van der Waals surface area contributed by atoms with Crippen LogP contribution in [0.5, 0.6) is 5.75 Å². The molecular formula is C19H23NO3S. The van der Waals surface area contributed by atoms with Crippen LogP contribution < -0.4 is 10.1 Å². The molecule has 0 unspecified atom stereocenters. The second-order valence-electron chi connectivity index (χ2n) is 6.62. The summed E-state index contributed by atoms with van der Waals surface area (Å²) in [5, 5.41) is 1.94. The van der Waals surface area contributed by atoms with Gasteiger partial charge in [0, 0.05) is 5.41 Å². The lowest BCUT2D eigenvalue weighted by Gasteiger charge is -2.36. The number of amides is 2. The van der Waals surface area contributed by atoms with E-state index in [1.807, 2.05) is 24.3 Å². The second kappa shape index (κ2) is 7.43. The summed E-state index contributed by atoms with van der Waals surface area (Å²) in [5.74, 6) is 0.530. The summed E-state index contributed by atoms with van der Waals surface area (Å²) in [5.41, 5.74) is 1.22. The van der Waals surface area contributed by atoms with Crippen molar-refractivity contribution in [3.63, 3.8) is 0 Å². The number of ether oxygens (including phenoxy) is 1. The zero-order chi connectivity index (χ0) is 17.0. The Hall–Kier alpha value is -1.75. The molecule has 2 fully saturated rings. The monoisotopic (exact) mass is 345 g/mol.